The van der Waals surface area contributed by atoms with Crippen LogP contribution in [0.5, 0.6) is 0 Å². The molecule has 1 saturated heterocycles. The maximum atomic E-state index is 13.1. The van der Waals surface area contributed by atoms with Crippen LogP contribution >= 0.6 is 11.6 Å². The summed E-state index contributed by atoms with van der Waals surface area (Å²) in [5.74, 6) is -1.92. The van der Waals surface area contributed by atoms with Gasteiger partial charge in [0.15, 0.2) is 11.3 Å². The Morgan fingerprint density at radius 3 is 1.86 bits per heavy atom. The van der Waals surface area contributed by atoms with Crippen molar-refractivity contribution in [3.05, 3.63) is 76.5 Å². The minimum atomic E-state index is -4.62. The zero-order valence-corrected chi connectivity index (χ0v) is 22.8. The number of alkyl halides is 6. The van der Waals surface area contributed by atoms with Gasteiger partial charge < -0.3 is 9.64 Å². The molecule has 0 bridgehead atoms. The maximum Gasteiger partial charge on any atom is 0.453 e. The molecule has 0 aliphatic carbocycles. The first-order valence-corrected chi connectivity index (χ1v) is 12.9. The van der Waals surface area contributed by atoms with Crippen LogP contribution in [0.1, 0.15) is 46.3 Å². The predicted octanol–water partition coefficient (Wildman–Crippen LogP) is 5.11. The SMILES string of the molecule is COC(=O)c1ccc(C2CCN(c3ccc4nnc(C(F)(F)F)n4n3)CC2)cc1.FC(F)(F)c1nnc2ccc(Cl)nn12. The fraction of sp³-hybridized carbons (Fsp3) is 0.320. The number of methoxy groups -OCH3 is 1. The third kappa shape index (κ3) is 6.45. The Hall–Kier alpha value is -4.54. The van der Waals surface area contributed by atoms with Crippen LogP contribution in [0.25, 0.3) is 11.3 Å². The van der Waals surface area contributed by atoms with Crippen molar-refractivity contribution in [2.75, 3.05) is 25.1 Å². The van der Waals surface area contributed by atoms with E-state index in [1.54, 1.807) is 18.2 Å². The second-order valence-electron chi connectivity index (χ2n) is 9.31. The second kappa shape index (κ2) is 11.6. The van der Waals surface area contributed by atoms with Gasteiger partial charge in [0.1, 0.15) is 11.0 Å². The molecule has 1 aliphatic rings. The third-order valence-corrected chi connectivity index (χ3v) is 6.81. The van der Waals surface area contributed by atoms with Crippen LogP contribution in [0.2, 0.25) is 5.15 Å². The number of carbonyl (C=O) groups is 1. The number of benzene rings is 1. The average molecular weight is 628 g/mol. The van der Waals surface area contributed by atoms with Crippen LogP contribution in [0.4, 0.5) is 32.2 Å². The Balaban J connectivity index is 0.000000220. The van der Waals surface area contributed by atoms with Crippen molar-refractivity contribution in [1.82, 2.24) is 39.6 Å². The summed E-state index contributed by atoms with van der Waals surface area (Å²) < 4.78 is 82.0. The number of anilines is 1. The monoisotopic (exact) mass is 627 g/mol. The summed E-state index contributed by atoms with van der Waals surface area (Å²) in [7, 11) is 1.34. The minimum Gasteiger partial charge on any atom is -0.465 e. The largest absolute Gasteiger partial charge is 0.465 e. The number of fused-ring (bicyclic) bond motifs is 2. The van der Waals surface area contributed by atoms with Crippen molar-refractivity contribution in [2.24, 2.45) is 0 Å². The molecular weight excluding hydrogens is 608 g/mol. The van der Waals surface area contributed by atoms with Crippen LogP contribution in [-0.4, -0.2) is 65.8 Å². The Bertz CT molecular complexity index is 1750. The quantitative estimate of drug-likeness (QED) is 0.199. The Morgan fingerprint density at radius 1 is 0.791 bits per heavy atom. The summed E-state index contributed by atoms with van der Waals surface area (Å²) >= 11 is 5.44. The molecule has 4 aromatic heterocycles. The van der Waals surface area contributed by atoms with E-state index >= 15 is 0 Å². The topological polar surface area (TPSA) is 116 Å². The Labute approximate surface area is 243 Å². The highest BCUT2D eigenvalue weighted by molar-refractivity contribution is 6.29. The zero-order chi connectivity index (χ0) is 30.9. The van der Waals surface area contributed by atoms with Crippen LogP contribution in [0.3, 0.4) is 0 Å². The second-order valence-corrected chi connectivity index (χ2v) is 9.69. The number of hydrogen-bond acceptors (Lipinski definition) is 9. The molecule has 0 amide bonds. The number of ether oxygens (including phenoxy) is 1. The Kier molecular flexibility index (Phi) is 8.09. The van der Waals surface area contributed by atoms with Crippen molar-refractivity contribution in [2.45, 2.75) is 31.1 Å². The summed E-state index contributed by atoms with van der Waals surface area (Å²) in [4.78, 5) is 13.5. The van der Waals surface area contributed by atoms with Gasteiger partial charge >= 0.3 is 18.3 Å². The molecule has 0 N–H and O–H groups in total. The summed E-state index contributed by atoms with van der Waals surface area (Å²) in [6.07, 6.45) is -7.55. The highest BCUT2D eigenvalue weighted by atomic mass is 35.5. The number of aromatic nitrogens is 8. The molecule has 18 heteroatoms. The lowest BCUT2D eigenvalue weighted by molar-refractivity contribution is -0.147. The smallest absolute Gasteiger partial charge is 0.453 e. The molecule has 0 atom stereocenters. The van der Waals surface area contributed by atoms with Gasteiger partial charge in [-0.25, -0.2) is 4.79 Å². The predicted molar refractivity (Wildman–Crippen MR) is 139 cm³/mol. The maximum absolute atomic E-state index is 13.1. The number of halogens is 7. The fourth-order valence-corrected chi connectivity index (χ4v) is 4.66. The van der Waals surface area contributed by atoms with E-state index in [-0.39, 0.29) is 22.4 Å². The molecule has 1 aromatic carbocycles. The molecule has 0 radical (unpaired) electrons. The van der Waals surface area contributed by atoms with Crippen molar-refractivity contribution in [3.63, 3.8) is 0 Å². The molecule has 11 nitrogen and oxygen atoms in total. The van der Waals surface area contributed by atoms with Gasteiger partial charge in [-0.15, -0.1) is 25.5 Å². The molecule has 1 aliphatic heterocycles. The van der Waals surface area contributed by atoms with Gasteiger partial charge in [0.05, 0.1) is 12.7 Å². The van der Waals surface area contributed by atoms with Crippen molar-refractivity contribution in [3.8, 4) is 0 Å². The molecule has 5 heterocycles. The number of carbonyl (C=O) groups excluding carboxylic acids is 1. The molecule has 43 heavy (non-hydrogen) atoms. The van der Waals surface area contributed by atoms with E-state index in [1.807, 2.05) is 17.0 Å². The number of rotatable bonds is 3. The Morgan fingerprint density at radius 2 is 1.33 bits per heavy atom. The molecule has 0 unspecified atom stereocenters. The lowest BCUT2D eigenvalue weighted by Gasteiger charge is -2.33. The lowest BCUT2D eigenvalue weighted by Crippen LogP contribution is -2.34. The van der Waals surface area contributed by atoms with Crippen LogP contribution in [-0.2, 0) is 17.1 Å². The first-order chi connectivity index (χ1) is 20.3. The van der Waals surface area contributed by atoms with Gasteiger partial charge in [0.2, 0.25) is 0 Å². The number of hydrogen-bond donors (Lipinski definition) is 0. The molecular formula is C25H20ClF6N9O2. The van der Waals surface area contributed by atoms with Gasteiger partial charge in [0, 0.05) is 13.1 Å². The van der Waals surface area contributed by atoms with Crippen LogP contribution in [0.15, 0.2) is 48.5 Å². The fourth-order valence-electron chi connectivity index (χ4n) is 4.52. The number of nitrogens with zero attached hydrogens (tertiary/aromatic N) is 9. The molecule has 1 fully saturated rings. The van der Waals surface area contributed by atoms with Crippen molar-refractivity contribution >= 4 is 34.7 Å². The molecule has 5 aromatic rings. The third-order valence-electron chi connectivity index (χ3n) is 6.61. The van der Waals surface area contributed by atoms with Crippen LogP contribution < -0.4 is 4.90 Å². The number of piperidine rings is 1. The summed E-state index contributed by atoms with van der Waals surface area (Å²) in [5, 5.41) is 20.5. The summed E-state index contributed by atoms with van der Waals surface area (Å²) in [5.41, 5.74) is 1.68. The van der Waals surface area contributed by atoms with Gasteiger partial charge in [-0.2, -0.15) is 40.5 Å². The summed E-state index contributed by atoms with van der Waals surface area (Å²) in [6, 6.07) is 13.1. The highest BCUT2D eigenvalue weighted by Gasteiger charge is 2.38. The molecule has 6 rings (SSSR count). The van der Waals surface area contributed by atoms with Crippen molar-refractivity contribution in [1.29, 1.82) is 0 Å². The van der Waals surface area contributed by atoms with Gasteiger partial charge in [-0.1, -0.05) is 23.7 Å². The van der Waals surface area contributed by atoms with E-state index in [0.717, 1.165) is 22.9 Å². The van der Waals surface area contributed by atoms with E-state index in [0.29, 0.717) is 34.9 Å². The first-order valence-electron chi connectivity index (χ1n) is 12.5. The van der Waals surface area contributed by atoms with Crippen molar-refractivity contribution < 1.29 is 35.9 Å². The van der Waals surface area contributed by atoms with Crippen LogP contribution in [0, 0.1) is 0 Å². The van der Waals surface area contributed by atoms with E-state index in [9.17, 15) is 31.1 Å². The van der Waals surface area contributed by atoms with E-state index < -0.39 is 24.0 Å². The van der Waals surface area contributed by atoms with Gasteiger partial charge in [-0.05, 0) is 60.7 Å². The first kappa shape index (κ1) is 29.9. The highest BCUT2D eigenvalue weighted by Crippen LogP contribution is 2.32. The standard InChI is InChI=1S/C19H18F3N5O2.C6H2ClF3N4/c1-29-17(28)14-4-2-12(3-5-14)13-8-10-26(11-9-13)16-7-6-15-23-24-18(19(20,21)22)27(15)25-16;7-3-1-2-4-11-12-5(6(8,9)10)14(4)13-3/h2-7,13H,8-11H2,1H3;1-2H. The summed E-state index contributed by atoms with van der Waals surface area (Å²) in [6.45, 7) is 1.32. The van der Waals surface area contributed by atoms with E-state index in [4.69, 9.17) is 16.3 Å². The van der Waals surface area contributed by atoms with E-state index in [1.165, 1.54) is 25.3 Å². The van der Waals surface area contributed by atoms with E-state index in [2.05, 4.69) is 30.6 Å². The van der Waals surface area contributed by atoms with Gasteiger partial charge in [-0.3, -0.25) is 0 Å². The lowest BCUT2D eigenvalue weighted by atomic mass is 9.89. The molecule has 0 spiro atoms. The zero-order valence-electron chi connectivity index (χ0n) is 22.0. The number of esters is 1. The molecule has 226 valence electrons. The van der Waals surface area contributed by atoms with Gasteiger partial charge in [0.25, 0.3) is 11.6 Å². The minimum absolute atomic E-state index is 0.00160. The normalized spacial score (nSPS) is 14.6. The molecule has 0 saturated carbocycles. The average Bonchev–Trinajstić information content (AvgIpc) is 3.61.